The van der Waals surface area contributed by atoms with Gasteiger partial charge in [-0.3, -0.25) is 4.79 Å². The van der Waals surface area contributed by atoms with Crippen molar-refractivity contribution in [3.05, 3.63) is 29.8 Å². The van der Waals surface area contributed by atoms with Gasteiger partial charge in [-0.05, 0) is 30.0 Å². The number of hydrogen-bond donors (Lipinski definition) is 1. The fourth-order valence-corrected chi connectivity index (χ4v) is 1.75. The van der Waals surface area contributed by atoms with Gasteiger partial charge in [0.25, 0.3) is 0 Å². The van der Waals surface area contributed by atoms with E-state index in [4.69, 9.17) is 10.5 Å². The molecule has 0 aliphatic heterocycles. The molecule has 1 aromatic carbocycles. The van der Waals surface area contributed by atoms with E-state index in [-0.39, 0.29) is 11.8 Å². The van der Waals surface area contributed by atoms with Gasteiger partial charge in [-0.15, -0.1) is 0 Å². The molecule has 2 unspecified atom stereocenters. The van der Waals surface area contributed by atoms with Crippen LogP contribution >= 0.6 is 0 Å². The Morgan fingerprint density at radius 2 is 2.36 bits per heavy atom. The van der Waals surface area contributed by atoms with Gasteiger partial charge in [0.1, 0.15) is 5.75 Å². The average Bonchev–Trinajstić information content (AvgIpc) is 2.97. The van der Waals surface area contributed by atoms with Crippen molar-refractivity contribution in [2.24, 2.45) is 11.7 Å². The number of amides is 1. The zero-order chi connectivity index (χ0) is 10.1. The zero-order valence-corrected chi connectivity index (χ0v) is 8.07. The number of ether oxygens (including phenoxy) is 1. The molecule has 0 spiro atoms. The van der Waals surface area contributed by atoms with Crippen molar-refractivity contribution >= 4 is 5.91 Å². The Kier molecular flexibility index (Phi) is 2.15. The molecule has 0 saturated heterocycles. The molecule has 1 aliphatic rings. The number of nitrogens with two attached hydrogens (primary N) is 1. The summed E-state index contributed by atoms with van der Waals surface area (Å²) in [6.07, 6.45) is 0.877. The molecule has 0 radical (unpaired) electrons. The number of carbonyl (C=O) groups excluding carboxylic acids is 1. The average molecular weight is 191 g/mol. The van der Waals surface area contributed by atoms with Crippen LogP contribution in [0, 0.1) is 5.92 Å². The third kappa shape index (κ3) is 1.58. The number of primary amides is 1. The van der Waals surface area contributed by atoms with Gasteiger partial charge in [0.2, 0.25) is 5.91 Å². The van der Waals surface area contributed by atoms with Gasteiger partial charge in [-0.2, -0.15) is 0 Å². The first-order valence-electron chi connectivity index (χ1n) is 4.65. The van der Waals surface area contributed by atoms with Crippen LogP contribution in [0.1, 0.15) is 17.9 Å². The molecular formula is C11H13NO2. The highest BCUT2D eigenvalue weighted by Gasteiger charge is 2.42. The van der Waals surface area contributed by atoms with E-state index in [9.17, 15) is 4.79 Å². The predicted octanol–water partition coefficient (Wildman–Crippen LogP) is 1.28. The first-order valence-corrected chi connectivity index (χ1v) is 4.65. The van der Waals surface area contributed by atoms with Crippen LogP contribution in [0.3, 0.4) is 0 Å². The third-order valence-electron chi connectivity index (χ3n) is 2.68. The van der Waals surface area contributed by atoms with Crippen molar-refractivity contribution in [2.75, 3.05) is 7.11 Å². The van der Waals surface area contributed by atoms with Crippen molar-refractivity contribution in [1.29, 1.82) is 0 Å². The van der Waals surface area contributed by atoms with Crippen LogP contribution in [0.4, 0.5) is 0 Å². The summed E-state index contributed by atoms with van der Waals surface area (Å²) in [5.74, 6) is 0.972. The molecule has 1 fully saturated rings. The van der Waals surface area contributed by atoms with Crippen molar-refractivity contribution in [1.82, 2.24) is 0 Å². The molecule has 3 heteroatoms. The Morgan fingerprint density at radius 3 is 2.93 bits per heavy atom. The highest BCUT2D eigenvalue weighted by Crippen LogP contribution is 2.47. The minimum Gasteiger partial charge on any atom is -0.497 e. The maximum atomic E-state index is 10.9. The van der Waals surface area contributed by atoms with Crippen molar-refractivity contribution in [2.45, 2.75) is 12.3 Å². The van der Waals surface area contributed by atoms with Crippen LogP contribution in [0.15, 0.2) is 24.3 Å². The van der Waals surface area contributed by atoms with E-state index in [1.807, 2.05) is 24.3 Å². The fraction of sp³-hybridized carbons (Fsp3) is 0.364. The van der Waals surface area contributed by atoms with Gasteiger partial charge in [0.15, 0.2) is 0 Å². The van der Waals surface area contributed by atoms with Crippen LogP contribution in [-0.4, -0.2) is 13.0 Å². The van der Waals surface area contributed by atoms with Crippen LogP contribution in [-0.2, 0) is 4.79 Å². The lowest BCUT2D eigenvalue weighted by atomic mass is 10.1. The van der Waals surface area contributed by atoms with E-state index in [1.54, 1.807) is 7.11 Å². The minimum atomic E-state index is -0.196. The monoisotopic (exact) mass is 191 g/mol. The summed E-state index contributed by atoms with van der Waals surface area (Å²) < 4.78 is 5.11. The summed E-state index contributed by atoms with van der Waals surface area (Å²) in [7, 11) is 1.64. The standard InChI is InChI=1S/C11H13NO2/c1-14-8-4-2-3-7(5-8)9-6-10(9)11(12)13/h2-5,9-10H,6H2,1H3,(H2,12,13). The highest BCUT2D eigenvalue weighted by molar-refractivity contribution is 5.81. The van der Waals surface area contributed by atoms with E-state index in [2.05, 4.69) is 0 Å². The molecule has 2 atom stereocenters. The molecule has 1 saturated carbocycles. The van der Waals surface area contributed by atoms with E-state index in [1.165, 1.54) is 0 Å². The smallest absolute Gasteiger partial charge is 0.221 e. The van der Waals surface area contributed by atoms with Crippen LogP contribution in [0.25, 0.3) is 0 Å². The van der Waals surface area contributed by atoms with Crippen molar-refractivity contribution in [3.8, 4) is 5.75 Å². The SMILES string of the molecule is COc1cccc(C2CC2C(N)=O)c1. The summed E-state index contributed by atoms with van der Waals surface area (Å²) in [5.41, 5.74) is 6.37. The molecule has 2 N–H and O–H groups in total. The molecule has 1 amide bonds. The Balaban J connectivity index is 2.15. The summed E-state index contributed by atoms with van der Waals surface area (Å²) >= 11 is 0. The topological polar surface area (TPSA) is 52.3 Å². The Bertz CT molecular complexity index is 362. The number of benzene rings is 1. The second kappa shape index (κ2) is 3.33. The van der Waals surface area contributed by atoms with Crippen LogP contribution in [0.5, 0.6) is 5.75 Å². The van der Waals surface area contributed by atoms with E-state index in [0.29, 0.717) is 5.92 Å². The Hall–Kier alpha value is -1.51. The second-order valence-electron chi connectivity index (χ2n) is 3.63. The fourth-order valence-electron chi connectivity index (χ4n) is 1.75. The summed E-state index contributed by atoms with van der Waals surface area (Å²) in [6, 6.07) is 7.80. The maximum absolute atomic E-state index is 10.9. The molecule has 0 bridgehead atoms. The van der Waals surface area contributed by atoms with Gasteiger partial charge >= 0.3 is 0 Å². The van der Waals surface area contributed by atoms with Gasteiger partial charge < -0.3 is 10.5 Å². The minimum absolute atomic E-state index is 0.0297. The summed E-state index contributed by atoms with van der Waals surface area (Å²) in [6.45, 7) is 0. The predicted molar refractivity (Wildman–Crippen MR) is 53.0 cm³/mol. The Labute approximate surface area is 82.9 Å². The lowest BCUT2D eigenvalue weighted by Crippen LogP contribution is -2.13. The van der Waals surface area contributed by atoms with Crippen LogP contribution < -0.4 is 10.5 Å². The lowest BCUT2D eigenvalue weighted by Gasteiger charge is -2.02. The molecule has 14 heavy (non-hydrogen) atoms. The number of methoxy groups -OCH3 is 1. The number of carbonyl (C=O) groups is 1. The number of hydrogen-bond acceptors (Lipinski definition) is 2. The molecule has 1 aromatic rings. The quantitative estimate of drug-likeness (QED) is 0.782. The lowest BCUT2D eigenvalue weighted by molar-refractivity contribution is -0.119. The van der Waals surface area contributed by atoms with E-state index in [0.717, 1.165) is 17.7 Å². The first kappa shape index (κ1) is 9.06. The van der Waals surface area contributed by atoms with E-state index < -0.39 is 0 Å². The summed E-state index contributed by atoms with van der Waals surface area (Å²) in [5, 5.41) is 0. The first-order chi connectivity index (χ1) is 6.72. The van der Waals surface area contributed by atoms with Crippen LogP contribution in [0.2, 0.25) is 0 Å². The highest BCUT2D eigenvalue weighted by atomic mass is 16.5. The molecule has 3 nitrogen and oxygen atoms in total. The maximum Gasteiger partial charge on any atom is 0.221 e. The van der Waals surface area contributed by atoms with Gasteiger partial charge in [-0.1, -0.05) is 12.1 Å². The normalized spacial score (nSPS) is 24.4. The molecule has 0 heterocycles. The molecule has 0 aromatic heterocycles. The van der Waals surface area contributed by atoms with Crippen molar-refractivity contribution in [3.63, 3.8) is 0 Å². The van der Waals surface area contributed by atoms with E-state index >= 15 is 0 Å². The van der Waals surface area contributed by atoms with Gasteiger partial charge in [0, 0.05) is 5.92 Å². The molecular weight excluding hydrogens is 178 g/mol. The number of rotatable bonds is 3. The zero-order valence-electron chi connectivity index (χ0n) is 8.07. The third-order valence-corrected chi connectivity index (χ3v) is 2.68. The van der Waals surface area contributed by atoms with Gasteiger partial charge in [-0.25, -0.2) is 0 Å². The second-order valence-corrected chi connectivity index (χ2v) is 3.63. The molecule has 74 valence electrons. The van der Waals surface area contributed by atoms with Crippen molar-refractivity contribution < 1.29 is 9.53 Å². The largest absolute Gasteiger partial charge is 0.497 e. The molecule has 1 aliphatic carbocycles. The summed E-state index contributed by atoms with van der Waals surface area (Å²) in [4.78, 5) is 10.9. The Morgan fingerprint density at radius 1 is 1.57 bits per heavy atom. The molecule has 2 rings (SSSR count). The van der Waals surface area contributed by atoms with Gasteiger partial charge in [0.05, 0.1) is 7.11 Å².